The number of nitrogens with one attached hydrogen (secondary N) is 1. The van der Waals surface area contributed by atoms with Crippen LogP contribution >= 0.6 is 0 Å². The highest BCUT2D eigenvalue weighted by Gasteiger charge is 2.11. The zero-order valence-electron chi connectivity index (χ0n) is 13.8. The number of nitrogen functional groups attached to an aromatic ring is 1. The van der Waals surface area contributed by atoms with Crippen molar-refractivity contribution in [2.24, 2.45) is 0 Å². The van der Waals surface area contributed by atoms with Crippen molar-refractivity contribution < 1.29 is 4.79 Å². The van der Waals surface area contributed by atoms with Gasteiger partial charge < -0.3 is 16.0 Å². The van der Waals surface area contributed by atoms with Gasteiger partial charge in [0.2, 0.25) is 0 Å². The Morgan fingerprint density at radius 2 is 2.00 bits per heavy atom. The molecule has 0 aromatic heterocycles. The van der Waals surface area contributed by atoms with Gasteiger partial charge in [-0.05, 0) is 31.5 Å². The fourth-order valence-corrected chi connectivity index (χ4v) is 2.30. The molecule has 1 aromatic rings. The first kappa shape index (κ1) is 17.3. The van der Waals surface area contributed by atoms with Crippen LogP contribution in [-0.4, -0.2) is 30.9 Å². The number of amides is 1. The quantitative estimate of drug-likeness (QED) is 0.566. The Morgan fingerprint density at radius 1 is 1.29 bits per heavy atom. The van der Waals surface area contributed by atoms with Crippen molar-refractivity contribution in [2.45, 2.75) is 52.0 Å². The summed E-state index contributed by atoms with van der Waals surface area (Å²) in [5.74, 6) is -0.0270. The largest absolute Gasteiger partial charge is 0.397 e. The molecular weight excluding hydrogens is 262 g/mol. The van der Waals surface area contributed by atoms with Gasteiger partial charge in [-0.15, -0.1) is 0 Å². The maximum absolute atomic E-state index is 11.9. The third-order valence-electron chi connectivity index (χ3n) is 3.60. The summed E-state index contributed by atoms with van der Waals surface area (Å²) in [5.41, 5.74) is 8.21. The van der Waals surface area contributed by atoms with Gasteiger partial charge in [-0.2, -0.15) is 0 Å². The highest BCUT2D eigenvalue weighted by atomic mass is 16.2. The lowest BCUT2D eigenvalue weighted by atomic mass is 10.1. The van der Waals surface area contributed by atoms with Gasteiger partial charge >= 0.3 is 0 Å². The molecule has 118 valence electrons. The number of hydrogen-bond donors (Lipinski definition) is 2. The number of carbonyl (C=O) groups excluding carboxylic acids is 1. The van der Waals surface area contributed by atoms with Crippen LogP contribution in [0.1, 0.15) is 56.3 Å². The summed E-state index contributed by atoms with van der Waals surface area (Å²) in [7, 11) is 3.48. The Hall–Kier alpha value is -1.71. The Kier molecular flexibility index (Phi) is 7.06. The third-order valence-corrected chi connectivity index (χ3v) is 3.60. The lowest BCUT2D eigenvalue weighted by Crippen LogP contribution is -2.22. The van der Waals surface area contributed by atoms with Gasteiger partial charge in [0.1, 0.15) is 0 Å². The summed E-state index contributed by atoms with van der Waals surface area (Å²) in [6.07, 6.45) is 6.22. The molecule has 1 unspecified atom stereocenters. The van der Waals surface area contributed by atoms with Crippen molar-refractivity contribution in [1.29, 1.82) is 0 Å². The van der Waals surface area contributed by atoms with Crippen molar-refractivity contribution in [2.75, 3.05) is 25.1 Å². The number of benzene rings is 1. The van der Waals surface area contributed by atoms with E-state index >= 15 is 0 Å². The fourth-order valence-electron chi connectivity index (χ4n) is 2.30. The second-order valence-corrected chi connectivity index (χ2v) is 5.90. The van der Waals surface area contributed by atoms with Gasteiger partial charge in [-0.1, -0.05) is 32.6 Å². The van der Waals surface area contributed by atoms with E-state index in [1.54, 1.807) is 25.1 Å². The standard InChI is InChI=1S/C17H29N3O/c1-5-6-7-8-9-13(2)19-16-11-10-14(12-15(16)18)17(21)20(3)4/h10-13,19H,5-9,18H2,1-4H3. The first-order chi connectivity index (χ1) is 9.95. The van der Waals surface area contributed by atoms with Crippen LogP contribution in [0.5, 0.6) is 0 Å². The zero-order chi connectivity index (χ0) is 15.8. The summed E-state index contributed by atoms with van der Waals surface area (Å²) in [4.78, 5) is 13.4. The number of nitrogens with zero attached hydrogens (tertiary/aromatic N) is 1. The molecule has 4 heteroatoms. The highest BCUT2D eigenvalue weighted by Crippen LogP contribution is 2.22. The van der Waals surface area contributed by atoms with E-state index in [9.17, 15) is 4.79 Å². The van der Waals surface area contributed by atoms with Gasteiger partial charge in [0.15, 0.2) is 0 Å². The minimum absolute atomic E-state index is 0.0270. The van der Waals surface area contributed by atoms with Crippen molar-refractivity contribution in [1.82, 2.24) is 4.90 Å². The average molecular weight is 291 g/mol. The normalized spacial score (nSPS) is 12.0. The minimum atomic E-state index is -0.0270. The van der Waals surface area contributed by atoms with E-state index in [-0.39, 0.29) is 5.91 Å². The molecule has 4 nitrogen and oxygen atoms in total. The van der Waals surface area contributed by atoms with E-state index in [1.165, 1.54) is 25.7 Å². The van der Waals surface area contributed by atoms with Crippen LogP contribution in [0.3, 0.4) is 0 Å². The second kappa shape index (κ2) is 8.55. The molecule has 0 radical (unpaired) electrons. The molecule has 1 atom stereocenters. The topological polar surface area (TPSA) is 58.4 Å². The second-order valence-electron chi connectivity index (χ2n) is 5.90. The monoisotopic (exact) mass is 291 g/mol. The lowest BCUT2D eigenvalue weighted by Gasteiger charge is -2.18. The SMILES string of the molecule is CCCCCCC(C)Nc1ccc(C(=O)N(C)C)cc1N. The van der Waals surface area contributed by atoms with E-state index in [2.05, 4.69) is 19.2 Å². The molecule has 0 spiro atoms. The highest BCUT2D eigenvalue weighted by molar-refractivity contribution is 5.95. The van der Waals surface area contributed by atoms with Gasteiger partial charge in [-0.25, -0.2) is 0 Å². The molecule has 21 heavy (non-hydrogen) atoms. The summed E-state index contributed by atoms with van der Waals surface area (Å²) in [6.45, 7) is 4.39. The predicted octanol–water partition coefficient (Wildman–Crippen LogP) is 3.74. The van der Waals surface area contributed by atoms with Crippen LogP contribution in [-0.2, 0) is 0 Å². The van der Waals surface area contributed by atoms with Crippen LogP contribution in [0.2, 0.25) is 0 Å². The Balaban J connectivity index is 2.58. The first-order valence-electron chi connectivity index (χ1n) is 7.83. The van der Waals surface area contributed by atoms with Crippen LogP contribution in [0, 0.1) is 0 Å². The van der Waals surface area contributed by atoms with Gasteiger partial charge in [0.05, 0.1) is 11.4 Å². The van der Waals surface area contributed by atoms with Crippen molar-refractivity contribution in [3.8, 4) is 0 Å². The number of rotatable bonds is 8. The van der Waals surface area contributed by atoms with Crippen LogP contribution < -0.4 is 11.1 Å². The van der Waals surface area contributed by atoms with Crippen LogP contribution in [0.4, 0.5) is 11.4 Å². The molecule has 0 saturated carbocycles. The maximum atomic E-state index is 11.9. The number of unbranched alkanes of at least 4 members (excludes halogenated alkanes) is 3. The summed E-state index contributed by atoms with van der Waals surface area (Å²) in [6, 6.07) is 5.85. The molecule has 0 saturated heterocycles. The summed E-state index contributed by atoms with van der Waals surface area (Å²) < 4.78 is 0. The third kappa shape index (κ3) is 5.66. The molecule has 0 aliphatic carbocycles. The summed E-state index contributed by atoms with van der Waals surface area (Å²) in [5, 5.41) is 3.43. The Labute approximate surface area is 128 Å². The van der Waals surface area contributed by atoms with Crippen molar-refractivity contribution >= 4 is 17.3 Å². The number of nitrogens with two attached hydrogens (primary N) is 1. The molecule has 0 bridgehead atoms. The van der Waals surface area contributed by atoms with Gasteiger partial charge in [0, 0.05) is 25.7 Å². The number of hydrogen-bond acceptors (Lipinski definition) is 3. The van der Waals surface area contributed by atoms with Crippen LogP contribution in [0.15, 0.2) is 18.2 Å². The molecule has 1 aromatic carbocycles. The Bertz CT molecular complexity index is 457. The maximum Gasteiger partial charge on any atom is 0.253 e. The molecule has 0 aliphatic heterocycles. The van der Waals surface area contributed by atoms with Crippen molar-refractivity contribution in [3.05, 3.63) is 23.8 Å². The predicted molar refractivity (Wildman–Crippen MR) is 90.7 cm³/mol. The Morgan fingerprint density at radius 3 is 2.57 bits per heavy atom. The number of anilines is 2. The van der Waals surface area contributed by atoms with E-state index in [4.69, 9.17) is 5.73 Å². The smallest absolute Gasteiger partial charge is 0.253 e. The van der Waals surface area contributed by atoms with Crippen molar-refractivity contribution in [3.63, 3.8) is 0 Å². The molecule has 0 aliphatic rings. The molecular formula is C17H29N3O. The van der Waals surface area contributed by atoms with Gasteiger partial charge in [0.25, 0.3) is 5.91 Å². The average Bonchev–Trinajstić information content (AvgIpc) is 2.45. The molecule has 3 N–H and O–H groups in total. The molecule has 1 rings (SSSR count). The molecule has 1 amide bonds. The number of carbonyl (C=O) groups is 1. The van der Waals surface area contributed by atoms with E-state index in [0.717, 1.165) is 12.1 Å². The summed E-state index contributed by atoms with van der Waals surface area (Å²) >= 11 is 0. The first-order valence-corrected chi connectivity index (χ1v) is 7.83. The zero-order valence-corrected chi connectivity index (χ0v) is 13.8. The van der Waals surface area contributed by atoms with Crippen LogP contribution in [0.25, 0.3) is 0 Å². The fraction of sp³-hybridized carbons (Fsp3) is 0.588. The van der Waals surface area contributed by atoms with Gasteiger partial charge in [-0.3, -0.25) is 4.79 Å². The lowest BCUT2D eigenvalue weighted by molar-refractivity contribution is 0.0827. The van der Waals surface area contributed by atoms with E-state index in [0.29, 0.717) is 17.3 Å². The molecule has 0 heterocycles. The van der Waals surface area contributed by atoms with E-state index in [1.807, 2.05) is 12.1 Å². The van der Waals surface area contributed by atoms with E-state index < -0.39 is 0 Å². The minimum Gasteiger partial charge on any atom is -0.397 e. The molecule has 0 fully saturated rings.